The van der Waals surface area contributed by atoms with Crippen molar-refractivity contribution in [2.24, 2.45) is 0 Å². The van der Waals surface area contributed by atoms with Crippen molar-refractivity contribution in [3.8, 4) is 5.88 Å². The molecule has 2 heterocycles. The molecule has 0 aliphatic carbocycles. The minimum Gasteiger partial charge on any atom is -0.470 e. The SMILES string of the molecule is Clc1nc(OCc2ccccc2)c2[nH]c[nH+]c2n1. The number of aromatic nitrogens is 4. The summed E-state index contributed by atoms with van der Waals surface area (Å²) in [6.45, 7) is 0.433. The van der Waals surface area contributed by atoms with Gasteiger partial charge >= 0.3 is 10.9 Å². The summed E-state index contributed by atoms with van der Waals surface area (Å²) in [5.74, 6) is 0.440. The second-order valence-corrected chi connectivity index (χ2v) is 4.07. The van der Waals surface area contributed by atoms with Crippen LogP contribution < -0.4 is 9.72 Å². The van der Waals surface area contributed by atoms with Crippen LogP contribution in [0.3, 0.4) is 0 Å². The second-order valence-electron chi connectivity index (χ2n) is 3.73. The van der Waals surface area contributed by atoms with Crippen LogP contribution in [0.2, 0.25) is 5.28 Å². The maximum absolute atomic E-state index is 5.83. The van der Waals surface area contributed by atoms with Gasteiger partial charge in [0.05, 0.1) is 0 Å². The smallest absolute Gasteiger partial charge is 0.308 e. The topological polar surface area (TPSA) is 64.9 Å². The van der Waals surface area contributed by atoms with Crippen molar-refractivity contribution < 1.29 is 9.72 Å². The van der Waals surface area contributed by atoms with Gasteiger partial charge in [0.2, 0.25) is 5.52 Å². The Balaban J connectivity index is 1.88. The number of ether oxygens (including phenoxy) is 1. The van der Waals surface area contributed by atoms with Gasteiger partial charge in [0.15, 0.2) is 6.33 Å². The van der Waals surface area contributed by atoms with Crippen molar-refractivity contribution in [2.75, 3.05) is 0 Å². The Morgan fingerprint density at radius 1 is 1.22 bits per heavy atom. The molecular formula is C12H10ClN4O+. The summed E-state index contributed by atoms with van der Waals surface area (Å²) in [7, 11) is 0. The molecule has 0 saturated carbocycles. The Morgan fingerprint density at radius 2 is 2.06 bits per heavy atom. The van der Waals surface area contributed by atoms with Crippen LogP contribution >= 0.6 is 11.6 Å². The predicted octanol–water partition coefficient (Wildman–Crippen LogP) is 2.00. The fourth-order valence-corrected chi connectivity index (χ4v) is 1.82. The average molecular weight is 262 g/mol. The molecular weight excluding hydrogens is 252 g/mol. The summed E-state index contributed by atoms with van der Waals surface area (Å²) in [6, 6.07) is 9.86. The highest BCUT2D eigenvalue weighted by Crippen LogP contribution is 2.20. The van der Waals surface area contributed by atoms with Gasteiger partial charge in [-0.1, -0.05) is 35.3 Å². The molecule has 0 fully saturated rings. The number of hydrogen-bond donors (Lipinski definition) is 1. The normalized spacial score (nSPS) is 10.7. The Morgan fingerprint density at radius 3 is 2.89 bits per heavy atom. The molecule has 0 unspecified atom stereocenters. The lowest BCUT2D eigenvalue weighted by Gasteiger charge is -2.03. The molecule has 2 aromatic heterocycles. The number of imidazole rings is 1. The van der Waals surface area contributed by atoms with Crippen LogP contribution in [0.15, 0.2) is 36.7 Å². The molecule has 0 bridgehead atoms. The van der Waals surface area contributed by atoms with Crippen LogP contribution in [0.4, 0.5) is 0 Å². The van der Waals surface area contributed by atoms with Crippen LogP contribution in [0.1, 0.15) is 5.56 Å². The fourth-order valence-electron chi connectivity index (χ4n) is 1.66. The van der Waals surface area contributed by atoms with E-state index < -0.39 is 0 Å². The Kier molecular flexibility index (Phi) is 2.82. The summed E-state index contributed by atoms with van der Waals surface area (Å²) in [4.78, 5) is 14.0. The molecule has 18 heavy (non-hydrogen) atoms. The first-order valence-electron chi connectivity index (χ1n) is 5.42. The van der Waals surface area contributed by atoms with Gasteiger partial charge < -0.3 is 4.74 Å². The standard InChI is InChI=1S/C12H9ClN4O/c13-12-16-10-9(14-7-15-10)11(17-12)18-6-8-4-2-1-3-5-8/h1-5,7H,6H2,(H,14,15,16,17)/p+1. The molecule has 3 aromatic rings. The third-order valence-corrected chi connectivity index (χ3v) is 2.66. The number of rotatable bonds is 3. The minimum atomic E-state index is 0.154. The van der Waals surface area contributed by atoms with Crippen LogP contribution in [-0.2, 0) is 6.61 Å². The summed E-state index contributed by atoms with van der Waals surface area (Å²) >= 11 is 5.83. The first-order chi connectivity index (χ1) is 8.83. The van der Waals surface area contributed by atoms with E-state index in [4.69, 9.17) is 16.3 Å². The number of aromatic amines is 2. The molecule has 0 aliphatic heterocycles. The molecule has 90 valence electrons. The quantitative estimate of drug-likeness (QED) is 0.734. The van der Waals surface area contributed by atoms with E-state index in [0.29, 0.717) is 23.7 Å². The van der Waals surface area contributed by atoms with Crippen LogP contribution in [0.5, 0.6) is 5.88 Å². The van der Waals surface area contributed by atoms with Crippen LogP contribution in [0, 0.1) is 0 Å². The first-order valence-corrected chi connectivity index (χ1v) is 5.80. The molecule has 2 N–H and O–H groups in total. The molecule has 0 radical (unpaired) electrons. The van der Waals surface area contributed by atoms with E-state index >= 15 is 0 Å². The summed E-state index contributed by atoms with van der Waals surface area (Å²) in [5.41, 5.74) is 2.39. The molecule has 0 spiro atoms. The van der Waals surface area contributed by atoms with Gasteiger partial charge in [0.25, 0.3) is 5.88 Å². The first kappa shape index (κ1) is 11.0. The van der Waals surface area contributed by atoms with Crippen molar-refractivity contribution >= 4 is 22.8 Å². The largest absolute Gasteiger partial charge is 0.470 e. The average Bonchev–Trinajstić information content (AvgIpc) is 2.85. The lowest BCUT2D eigenvalue weighted by molar-refractivity contribution is -0.347. The Labute approximate surface area is 108 Å². The number of hydrogen-bond acceptors (Lipinski definition) is 3. The lowest BCUT2D eigenvalue weighted by atomic mass is 10.2. The van der Waals surface area contributed by atoms with Crippen molar-refractivity contribution in [3.63, 3.8) is 0 Å². The maximum Gasteiger partial charge on any atom is 0.308 e. The summed E-state index contributed by atoms with van der Waals surface area (Å²) < 4.78 is 5.66. The monoisotopic (exact) mass is 261 g/mol. The van der Waals surface area contributed by atoms with Gasteiger partial charge in [-0.2, -0.15) is 4.98 Å². The third-order valence-electron chi connectivity index (χ3n) is 2.49. The zero-order chi connectivity index (χ0) is 12.4. The van der Waals surface area contributed by atoms with Crippen molar-refractivity contribution in [3.05, 3.63) is 47.5 Å². The van der Waals surface area contributed by atoms with Gasteiger partial charge in [-0.25, -0.2) is 4.98 Å². The van der Waals surface area contributed by atoms with Crippen molar-refractivity contribution in [1.29, 1.82) is 0 Å². The van der Waals surface area contributed by atoms with E-state index in [9.17, 15) is 0 Å². The number of fused-ring (bicyclic) bond motifs is 1. The van der Waals surface area contributed by atoms with Gasteiger partial charge in [0.1, 0.15) is 6.61 Å². The zero-order valence-electron chi connectivity index (χ0n) is 9.35. The van der Waals surface area contributed by atoms with E-state index in [1.54, 1.807) is 6.33 Å². The van der Waals surface area contributed by atoms with E-state index in [0.717, 1.165) is 5.56 Å². The number of benzene rings is 1. The van der Waals surface area contributed by atoms with Gasteiger partial charge in [-0.05, 0) is 17.2 Å². The number of H-pyrrole nitrogens is 2. The minimum absolute atomic E-state index is 0.154. The molecule has 0 amide bonds. The molecule has 0 atom stereocenters. The summed E-state index contributed by atoms with van der Waals surface area (Å²) in [6.07, 6.45) is 1.66. The molecule has 3 rings (SSSR count). The van der Waals surface area contributed by atoms with E-state index in [1.807, 2.05) is 30.3 Å². The highest BCUT2D eigenvalue weighted by atomic mass is 35.5. The van der Waals surface area contributed by atoms with Gasteiger partial charge in [-0.3, -0.25) is 4.98 Å². The summed E-state index contributed by atoms with van der Waals surface area (Å²) in [5, 5.41) is 0.154. The number of nitrogens with one attached hydrogen (secondary N) is 2. The Hall–Kier alpha value is -2.14. The number of halogens is 1. The van der Waals surface area contributed by atoms with E-state index in [2.05, 4.69) is 19.9 Å². The highest BCUT2D eigenvalue weighted by Gasteiger charge is 2.15. The number of nitrogens with zero attached hydrogens (tertiary/aromatic N) is 2. The molecule has 5 nitrogen and oxygen atoms in total. The van der Waals surface area contributed by atoms with Crippen LogP contribution in [0.25, 0.3) is 11.2 Å². The third kappa shape index (κ3) is 2.12. The van der Waals surface area contributed by atoms with Gasteiger partial charge in [0, 0.05) is 0 Å². The van der Waals surface area contributed by atoms with E-state index in [-0.39, 0.29) is 5.28 Å². The van der Waals surface area contributed by atoms with Crippen molar-refractivity contribution in [1.82, 2.24) is 15.0 Å². The van der Waals surface area contributed by atoms with Crippen molar-refractivity contribution in [2.45, 2.75) is 6.61 Å². The van der Waals surface area contributed by atoms with Gasteiger partial charge in [-0.15, -0.1) is 0 Å². The molecule has 0 aliphatic rings. The second kappa shape index (κ2) is 4.62. The predicted molar refractivity (Wildman–Crippen MR) is 66.2 cm³/mol. The van der Waals surface area contributed by atoms with Crippen LogP contribution in [-0.4, -0.2) is 15.0 Å². The Bertz CT molecular complexity index is 668. The highest BCUT2D eigenvalue weighted by molar-refractivity contribution is 6.28. The van der Waals surface area contributed by atoms with E-state index in [1.165, 1.54) is 0 Å². The lowest BCUT2D eigenvalue weighted by Crippen LogP contribution is -2.02. The molecule has 0 saturated heterocycles. The molecule has 1 aromatic carbocycles. The fraction of sp³-hybridized carbons (Fsp3) is 0.0833. The maximum atomic E-state index is 5.83. The molecule has 6 heteroatoms. The zero-order valence-corrected chi connectivity index (χ0v) is 10.1.